The predicted octanol–water partition coefficient (Wildman–Crippen LogP) is 2.27. The second kappa shape index (κ2) is 12.9. The number of hydrogen-bond acceptors (Lipinski definition) is 7. The average Bonchev–Trinajstić information content (AvgIpc) is 3.61. The highest BCUT2D eigenvalue weighted by molar-refractivity contribution is 8.02. The zero-order valence-electron chi connectivity index (χ0n) is 24.8. The number of nitrogens with zero attached hydrogens (tertiary/aromatic N) is 4. The summed E-state index contributed by atoms with van der Waals surface area (Å²) < 4.78 is 4.73. The molecule has 4 heterocycles. The summed E-state index contributed by atoms with van der Waals surface area (Å²) >= 11 is 1.66. The lowest BCUT2D eigenvalue weighted by molar-refractivity contribution is -0.145. The van der Waals surface area contributed by atoms with Crippen LogP contribution in [0.2, 0.25) is 0 Å². The highest BCUT2D eigenvalue weighted by Gasteiger charge is 2.76. The number of morpholine rings is 1. The van der Waals surface area contributed by atoms with Crippen molar-refractivity contribution in [2.45, 2.75) is 42.3 Å². The highest BCUT2D eigenvalue weighted by Crippen LogP contribution is 2.69. The molecule has 3 unspecified atom stereocenters. The Kier molecular flexibility index (Phi) is 9.47. The number of para-hydroxylation sites is 1. The van der Waals surface area contributed by atoms with Gasteiger partial charge in [0, 0.05) is 50.2 Å². The number of thioether (sulfide) groups is 1. The number of amides is 3. The maximum absolute atomic E-state index is 14.6. The summed E-state index contributed by atoms with van der Waals surface area (Å²) in [6.45, 7) is 16.3. The molecule has 0 saturated carbocycles. The number of aliphatic hydroxyl groups is 1. The van der Waals surface area contributed by atoms with E-state index in [9.17, 15) is 19.5 Å². The van der Waals surface area contributed by atoms with Crippen LogP contribution in [0.25, 0.3) is 0 Å². The number of aliphatic hydroxyl groups excluding tert-OH is 1. The first-order valence-electron chi connectivity index (χ1n) is 15.1. The van der Waals surface area contributed by atoms with Gasteiger partial charge in [-0.15, -0.1) is 24.9 Å². The third-order valence-electron chi connectivity index (χ3n) is 9.54. The zero-order valence-corrected chi connectivity index (χ0v) is 25.6. The van der Waals surface area contributed by atoms with Crippen LogP contribution in [0.4, 0.5) is 5.69 Å². The number of anilines is 1. The second-order valence-electron chi connectivity index (χ2n) is 11.9. The molecule has 7 atom stereocenters. The Morgan fingerprint density at radius 3 is 2.50 bits per heavy atom. The standard InChI is InChI=1S/C32H44N4O5S/c1-5-12-34(15-14-33-16-18-41-19-17-33)31(40)28-32-22(3)20-25(42-32)26(27(32)30(39)36(28)23(4)21-37)29(38)35(13-6-2)24-10-8-7-9-11-24/h5-11,22-23,25-28,37H,1-2,12-21H2,3-4H3/t22?,23-,25+,26-,27+,28?,32?/m1/s1. The molecule has 10 heteroatoms. The topological polar surface area (TPSA) is 93.6 Å². The Bertz CT molecular complexity index is 1180. The van der Waals surface area contributed by atoms with Crippen molar-refractivity contribution in [3.05, 3.63) is 55.6 Å². The predicted molar refractivity (Wildman–Crippen MR) is 165 cm³/mol. The van der Waals surface area contributed by atoms with E-state index in [1.165, 1.54) is 0 Å². The molecule has 0 radical (unpaired) electrons. The first-order valence-corrected chi connectivity index (χ1v) is 16.0. The van der Waals surface area contributed by atoms with Crippen molar-refractivity contribution < 1.29 is 24.2 Å². The molecule has 1 aromatic carbocycles. The molecule has 4 saturated heterocycles. The molecular formula is C32H44N4O5S. The van der Waals surface area contributed by atoms with E-state index in [0.717, 1.165) is 25.2 Å². The smallest absolute Gasteiger partial charge is 0.247 e. The Hall–Kier alpha value is -2.66. The Morgan fingerprint density at radius 2 is 1.86 bits per heavy atom. The van der Waals surface area contributed by atoms with Gasteiger partial charge in [0.05, 0.1) is 42.4 Å². The van der Waals surface area contributed by atoms with Crippen molar-refractivity contribution in [2.24, 2.45) is 17.8 Å². The van der Waals surface area contributed by atoms with Gasteiger partial charge in [-0.25, -0.2) is 0 Å². The van der Waals surface area contributed by atoms with Gasteiger partial charge in [0.25, 0.3) is 0 Å². The quantitative estimate of drug-likeness (QED) is 0.370. The first-order chi connectivity index (χ1) is 20.3. The van der Waals surface area contributed by atoms with Crippen LogP contribution in [0.15, 0.2) is 55.6 Å². The lowest BCUT2D eigenvalue weighted by Gasteiger charge is -2.42. The summed E-state index contributed by atoms with van der Waals surface area (Å²) in [6, 6.07) is 8.15. The summed E-state index contributed by atoms with van der Waals surface area (Å²) in [6.07, 6.45) is 4.18. The third-order valence-corrected chi connectivity index (χ3v) is 11.6. The highest BCUT2D eigenvalue weighted by atomic mass is 32.2. The van der Waals surface area contributed by atoms with E-state index < -0.39 is 28.7 Å². The van der Waals surface area contributed by atoms with Gasteiger partial charge in [-0.3, -0.25) is 19.3 Å². The van der Waals surface area contributed by atoms with Crippen molar-refractivity contribution in [2.75, 3.05) is 64.0 Å². The Morgan fingerprint density at radius 1 is 1.17 bits per heavy atom. The van der Waals surface area contributed by atoms with Gasteiger partial charge in [0.15, 0.2) is 0 Å². The van der Waals surface area contributed by atoms with Crippen LogP contribution in [-0.4, -0.2) is 119 Å². The molecule has 1 aromatic rings. The lowest BCUT2D eigenvalue weighted by Crippen LogP contribution is -2.59. The normalized spacial score (nSPS) is 31.1. The molecule has 1 spiro atoms. The summed E-state index contributed by atoms with van der Waals surface area (Å²) in [5.41, 5.74) is 0.760. The van der Waals surface area contributed by atoms with E-state index in [0.29, 0.717) is 39.4 Å². The molecule has 9 nitrogen and oxygen atoms in total. The van der Waals surface area contributed by atoms with E-state index in [1.807, 2.05) is 30.3 Å². The SMILES string of the molecule is C=CCN(CCN1CCOCC1)C(=O)C1N([C@H](C)CO)C(=O)[C@@H]2[C@H](C(=O)N(CC=C)c3ccccc3)[C@@H]3CC(C)C12S3. The van der Waals surface area contributed by atoms with Crippen LogP contribution < -0.4 is 4.90 Å². The zero-order chi connectivity index (χ0) is 30.0. The van der Waals surface area contributed by atoms with Crippen molar-refractivity contribution in [3.63, 3.8) is 0 Å². The molecule has 4 fully saturated rings. The second-order valence-corrected chi connectivity index (χ2v) is 13.5. The van der Waals surface area contributed by atoms with Crippen LogP contribution in [0, 0.1) is 17.8 Å². The number of likely N-dealkylation sites (tertiary alicyclic amines) is 1. The number of rotatable bonds is 12. The summed E-state index contributed by atoms with van der Waals surface area (Å²) in [7, 11) is 0. The van der Waals surface area contributed by atoms with Gasteiger partial charge >= 0.3 is 0 Å². The van der Waals surface area contributed by atoms with Gasteiger partial charge < -0.3 is 24.5 Å². The van der Waals surface area contributed by atoms with Crippen LogP contribution in [-0.2, 0) is 19.1 Å². The van der Waals surface area contributed by atoms with E-state index in [4.69, 9.17) is 4.74 Å². The van der Waals surface area contributed by atoms with Crippen LogP contribution in [0.1, 0.15) is 20.3 Å². The minimum Gasteiger partial charge on any atom is -0.394 e. The molecular weight excluding hydrogens is 552 g/mol. The van der Waals surface area contributed by atoms with E-state index >= 15 is 0 Å². The maximum atomic E-state index is 14.6. The van der Waals surface area contributed by atoms with E-state index in [-0.39, 0.29) is 35.5 Å². The van der Waals surface area contributed by atoms with Crippen molar-refractivity contribution in [1.82, 2.24) is 14.7 Å². The van der Waals surface area contributed by atoms with Crippen LogP contribution >= 0.6 is 11.8 Å². The molecule has 2 bridgehead atoms. The third kappa shape index (κ3) is 5.20. The number of ether oxygens (including phenoxy) is 1. The van der Waals surface area contributed by atoms with Crippen molar-refractivity contribution in [3.8, 4) is 0 Å². The number of carbonyl (C=O) groups is 3. The van der Waals surface area contributed by atoms with E-state index in [1.54, 1.807) is 45.5 Å². The molecule has 4 aliphatic heterocycles. The van der Waals surface area contributed by atoms with Gasteiger partial charge in [-0.2, -0.15) is 0 Å². The van der Waals surface area contributed by atoms with Crippen molar-refractivity contribution in [1.29, 1.82) is 0 Å². The monoisotopic (exact) mass is 596 g/mol. The molecule has 0 aromatic heterocycles. The summed E-state index contributed by atoms with van der Waals surface area (Å²) in [5, 5.41) is 10.2. The number of fused-ring (bicyclic) bond motifs is 1. The fraction of sp³-hybridized carbons (Fsp3) is 0.594. The van der Waals surface area contributed by atoms with Gasteiger partial charge in [-0.05, 0) is 31.4 Å². The molecule has 0 aliphatic carbocycles. The first kappa shape index (κ1) is 30.8. The number of hydrogen-bond donors (Lipinski definition) is 1. The van der Waals surface area contributed by atoms with Crippen LogP contribution in [0.5, 0.6) is 0 Å². The maximum Gasteiger partial charge on any atom is 0.247 e. The molecule has 5 rings (SSSR count). The molecule has 228 valence electrons. The lowest BCUT2D eigenvalue weighted by atomic mass is 9.65. The fourth-order valence-electron chi connectivity index (χ4n) is 7.53. The Labute approximate surface area is 253 Å². The number of benzene rings is 1. The molecule has 1 N–H and O–H groups in total. The largest absolute Gasteiger partial charge is 0.394 e. The van der Waals surface area contributed by atoms with Gasteiger partial charge in [0.1, 0.15) is 6.04 Å². The Balaban J connectivity index is 1.50. The van der Waals surface area contributed by atoms with Gasteiger partial charge in [0.2, 0.25) is 17.7 Å². The summed E-state index contributed by atoms with van der Waals surface area (Å²) in [5.74, 6) is -1.60. The van der Waals surface area contributed by atoms with Gasteiger partial charge in [-0.1, -0.05) is 37.3 Å². The average molecular weight is 597 g/mol. The molecule has 4 aliphatic rings. The van der Waals surface area contributed by atoms with Crippen molar-refractivity contribution >= 4 is 35.2 Å². The number of carbonyl (C=O) groups excluding carboxylic acids is 3. The molecule has 3 amide bonds. The van der Waals surface area contributed by atoms with E-state index in [2.05, 4.69) is 25.0 Å². The summed E-state index contributed by atoms with van der Waals surface area (Å²) in [4.78, 5) is 50.9. The minimum absolute atomic E-state index is 0.0461. The molecule has 42 heavy (non-hydrogen) atoms. The fourth-order valence-corrected chi connectivity index (χ4v) is 9.93. The minimum atomic E-state index is -0.769. The van der Waals surface area contributed by atoms with Crippen LogP contribution in [0.3, 0.4) is 0 Å².